The van der Waals surface area contributed by atoms with Crippen LogP contribution in [0.2, 0.25) is 0 Å². The molecule has 1 saturated heterocycles. The van der Waals surface area contributed by atoms with E-state index in [2.05, 4.69) is 0 Å². The zero-order valence-corrected chi connectivity index (χ0v) is 16.6. The topological polar surface area (TPSA) is 59.1 Å². The molecule has 2 fully saturated rings. The summed E-state index contributed by atoms with van der Waals surface area (Å²) in [7, 11) is 0. The molecule has 0 aromatic heterocycles. The molecule has 0 N–H and O–H groups in total. The van der Waals surface area contributed by atoms with Crippen molar-refractivity contribution in [1.82, 2.24) is 9.96 Å². The number of carbonyl (C=O) groups excluding carboxylic acids is 2. The highest BCUT2D eigenvalue weighted by Crippen LogP contribution is 2.49. The van der Waals surface area contributed by atoms with Crippen LogP contribution >= 0.6 is 0 Å². The Balaban J connectivity index is 1.43. The van der Waals surface area contributed by atoms with Crippen LogP contribution in [0.15, 0.2) is 60.7 Å². The Hall–Kier alpha value is -2.86. The van der Waals surface area contributed by atoms with Crippen LogP contribution in [0.3, 0.4) is 0 Å². The number of ether oxygens (including phenoxy) is 1. The maximum absolute atomic E-state index is 13.1. The van der Waals surface area contributed by atoms with Crippen molar-refractivity contribution >= 4 is 12.0 Å². The number of urea groups is 1. The highest BCUT2D eigenvalue weighted by Gasteiger charge is 2.59. The summed E-state index contributed by atoms with van der Waals surface area (Å²) in [6.45, 7) is 2.83. The number of hydrogen-bond donors (Lipinski definition) is 0. The number of likely N-dealkylation sites (N-methyl/N-ethyl adjacent to an activating group) is 1. The van der Waals surface area contributed by atoms with Gasteiger partial charge < -0.3 is 9.64 Å². The lowest BCUT2D eigenvalue weighted by atomic mass is 10.0. The van der Waals surface area contributed by atoms with Crippen LogP contribution in [-0.4, -0.2) is 40.1 Å². The van der Waals surface area contributed by atoms with E-state index in [1.165, 1.54) is 5.06 Å². The minimum Gasteiger partial charge on any atom is -0.459 e. The molecule has 1 saturated carbocycles. The Kier molecular flexibility index (Phi) is 5.53. The van der Waals surface area contributed by atoms with E-state index in [1.807, 2.05) is 67.6 Å². The van der Waals surface area contributed by atoms with Crippen molar-refractivity contribution in [3.05, 3.63) is 71.8 Å². The van der Waals surface area contributed by atoms with Gasteiger partial charge in [-0.3, -0.25) is 4.84 Å². The fourth-order valence-electron chi connectivity index (χ4n) is 3.85. The van der Waals surface area contributed by atoms with Crippen LogP contribution in [0.1, 0.15) is 37.3 Å². The van der Waals surface area contributed by atoms with Gasteiger partial charge in [0, 0.05) is 13.0 Å². The first-order chi connectivity index (χ1) is 14.1. The van der Waals surface area contributed by atoms with Crippen LogP contribution in [0.5, 0.6) is 0 Å². The monoisotopic (exact) mass is 394 g/mol. The predicted octanol–water partition coefficient (Wildman–Crippen LogP) is 3.91. The second-order valence-corrected chi connectivity index (χ2v) is 7.66. The van der Waals surface area contributed by atoms with Gasteiger partial charge in [-0.2, -0.15) is 5.06 Å². The summed E-state index contributed by atoms with van der Waals surface area (Å²) in [6, 6.07) is 18.5. The summed E-state index contributed by atoms with van der Waals surface area (Å²) in [6.07, 6.45) is 2.22. The molecule has 1 spiro atoms. The van der Waals surface area contributed by atoms with E-state index in [0.717, 1.165) is 24.0 Å². The Labute approximate surface area is 171 Å². The fraction of sp³-hybridized carbons (Fsp3) is 0.391. The molecule has 1 aliphatic heterocycles. The summed E-state index contributed by atoms with van der Waals surface area (Å²) >= 11 is 0. The summed E-state index contributed by atoms with van der Waals surface area (Å²) in [5.74, 6) is -0.349. The first-order valence-electron chi connectivity index (χ1n) is 10.1. The summed E-state index contributed by atoms with van der Waals surface area (Å²) in [5, 5.41) is 1.50. The number of esters is 1. The van der Waals surface area contributed by atoms with Crippen molar-refractivity contribution in [2.75, 3.05) is 6.54 Å². The Morgan fingerprint density at radius 3 is 2.14 bits per heavy atom. The third-order valence-corrected chi connectivity index (χ3v) is 5.67. The molecular formula is C23H26N2O4. The van der Waals surface area contributed by atoms with E-state index in [0.29, 0.717) is 19.6 Å². The van der Waals surface area contributed by atoms with Crippen LogP contribution in [0.25, 0.3) is 0 Å². The lowest BCUT2D eigenvalue weighted by Crippen LogP contribution is -2.62. The van der Waals surface area contributed by atoms with Gasteiger partial charge in [0.2, 0.25) is 0 Å². The van der Waals surface area contributed by atoms with Gasteiger partial charge in [0.15, 0.2) is 0 Å². The number of rotatable bonds is 7. The molecule has 1 atom stereocenters. The highest BCUT2D eigenvalue weighted by atomic mass is 16.7. The number of benzene rings is 2. The van der Waals surface area contributed by atoms with Crippen LogP contribution in [-0.2, 0) is 27.6 Å². The molecule has 6 nitrogen and oxygen atoms in total. The zero-order chi connectivity index (χ0) is 20.3. The van der Waals surface area contributed by atoms with Crippen LogP contribution < -0.4 is 0 Å². The Morgan fingerprint density at radius 1 is 1.00 bits per heavy atom. The average molecular weight is 394 g/mol. The molecule has 2 amide bonds. The first kappa shape index (κ1) is 19.5. The van der Waals surface area contributed by atoms with Crippen molar-refractivity contribution < 1.29 is 19.2 Å². The molecule has 29 heavy (non-hydrogen) atoms. The standard InChI is InChI=1S/C23H26N2O4/c1-2-24-20(21(26)28-16-18-9-5-3-6-10-18)15-23(13-14-23)25(22(24)27)29-17-19-11-7-4-8-12-19/h3-12,20H,2,13-17H2,1H3. The van der Waals surface area contributed by atoms with Gasteiger partial charge >= 0.3 is 12.0 Å². The number of hydroxylamine groups is 2. The molecule has 6 heteroatoms. The molecule has 1 aliphatic carbocycles. The van der Waals surface area contributed by atoms with Gasteiger partial charge in [0.25, 0.3) is 0 Å². The Morgan fingerprint density at radius 2 is 1.59 bits per heavy atom. The first-order valence-corrected chi connectivity index (χ1v) is 10.1. The van der Waals surface area contributed by atoms with Gasteiger partial charge in [0.1, 0.15) is 19.3 Å². The quantitative estimate of drug-likeness (QED) is 0.668. The van der Waals surface area contributed by atoms with Crippen molar-refractivity contribution in [2.24, 2.45) is 0 Å². The molecule has 2 aromatic rings. The van der Waals surface area contributed by atoms with E-state index in [1.54, 1.807) is 4.90 Å². The molecule has 2 aromatic carbocycles. The third-order valence-electron chi connectivity index (χ3n) is 5.67. The fourth-order valence-corrected chi connectivity index (χ4v) is 3.85. The van der Waals surface area contributed by atoms with Crippen molar-refractivity contribution in [3.8, 4) is 0 Å². The van der Waals surface area contributed by atoms with Crippen LogP contribution in [0.4, 0.5) is 4.79 Å². The summed E-state index contributed by atoms with van der Waals surface area (Å²) in [4.78, 5) is 33.4. The largest absolute Gasteiger partial charge is 0.459 e. The second kappa shape index (κ2) is 8.25. The SMILES string of the molecule is CCN1C(=O)N(OCc2ccccc2)C2(CC2)CC1C(=O)OCc1ccccc1. The lowest BCUT2D eigenvalue weighted by molar-refractivity contribution is -0.195. The van der Waals surface area contributed by atoms with Gasteiger partial charge in [-0.15, -0.1) is 0 Å². The molecule has 1 unspecified atom stereocenters. The van der Waals surface area contributed by atoms with Gasteiger partial charge in [-0.25, -0.2) is 9.59 Å². The maximum atomic E-state index is 13.1. The van der Waals surface area contributed by atoms with Gasteiger partial charge in [0.05, 0.1) is 5.54 Å². The average Bonchev–Trinajstić information content (AvgIpc) is 3.53. The molecule has 152 valence electrons. The molecular weight excluding hydrogens is 368 g/mol. The molecule has 0 bridgehead atoms. The van der Waals surface area contributed by atoms with E-state index >= 15 is 0 Å². The van der Waals surface area contributed by atoms with Crippen molar-refractivity contribution in [1.29, 1.82) is 0 Å². The van der Waals surface area contributed by atoms with E-state index < -0.39 is 11.6 Å². The molecule has 1 heterocycles. The van der Waals surface area contributed by atoms with E-state index in [9.17, 15) is 9.59 Å². The number of carbonyl (C=O) groups is 2. The predicted molar refractivity (Wildman–Crippen MR) is 107 cm³/mol. The second-order valence-electron chi connectivity index (χ2n) is 7.66. The number of nitrogens with zero attached hydrogens (tertiary/aromatic N) is 2. The van der Waals surface area contributed by atoms with Gasteiger partial charge in [-0.05, 0) is 30.9 Å². The minimum atomic E-state index is -0.574. The van der Waals surface area contributed by atoms with Crippen LogP contribution in [0, 0.1) is 0 Å². The zero-order valence-electron chi connectivity index (χ0n) is 16.6. The minimum absolute atomic E-state index is 0.211. The molecule has 2 aliphatic rings. The van der Waals surface area contributed by atoms with Crippen molar-refractivity contribution in [3.63, 3.8) is 0 Å². The van der Waals surface area contributed by atoms with Gasteiger partial charge in [-0.1, -0.05) is 60.7 Å². The third kappa shape index (κ3) is 4.12. The lowest BCUT2D eigenvalue weighted by Gasteiger charge is -2.44. The molecule has 4 rings (SSSR count). The summed E-state index contributed by atoms with van der Waals surface area (Å²) in [5.41, 5.74) is 1.54. The number of hydrogen-bond acceptors (Lipinski definition) is 4. The normalized spacial score (nSPS) is 20.0. The maximum Gasteiger partial charge on any atom is 0.345 e. The number of amides is 2. The highest BCUT2D eigenvalue weighted by molar-refractivity contribution is 5.85. The molecule has 0 radical (unpaired) electrons. The van der Waals surface area contributed by atoms with E-state index in [-0.39, 0.29) is 18.6 Å². The van der Waals surface area contributed by atoms with Crippen molar-refractivity contribution in [2.45, 2.75) is 51.0 Å². The Bertz CT molecular complexity index is 852. The van der Waals surface area contributed by atoms with E-state index in [4.69, 9.17) is 9.57 Å². The smallest absolute Gasteiger partial charge is 0.345 e. The summed E-state index contributed by atoms with van der Waals surface area (Å²) < 4.78 is 5.54.